The number of aryl methyl sites for hydroxylation is 1. The number of hydrogen-bond acceptors (Lipinski definition) is 4. The zero-order valence-corrected chi connectivity index (χ0v) is 15.7. The highest BCUT2D eigenvalue weighted by Crippen LogP contribution is 2.39. The fourth-order valence-corrected chi connectivity index (χ4v) is 4.46. The summed E-state index contributed by atoms with van der Waals surface area (Å²) in [6.07, 6.45) is 10.5. The minimum absolute atomic E-state index is 0.0102. The summed E-state index contributed by atoms with van der Waals surface area (Å²) in [5.41, 5.74) is 1.69. The summed E-state index contributed by atoms with van der Waals surface area (Å²) in [4.78, 5) is 25.7. The molecule has 1 aromatic heterocycles. The van der Waals surface area contributed by atoms with E-state index in [1.165, 1.54) is 30.6 Å². The van der Waals surface area contributed by atoms with Gasteiger partial charge in [0.15, 0.2) is 0 Å². The Morgan fingerprint density at radius 1 is 1.08 bits per heavy atom. The Hall–Kier alpha value is -1.36. The molecule has 2 rings (SSSR count). The number of rotatable bonds is 10. The van der Waals surface area contributed by atoms with Crippen molar-refractivity contribution in [3.05, 3.63) is 16.0 Å². The second-order valence-electron chi connectivity index (χ2n) is 6.35. The highest BCUT2D eigenvalue weighted by molar-refractivity contribution is 7.17. The highest BCUT2D eigenvalue weighted by Gasteiger charge is 2.28. The summed E-state index contributed by atoms with van der Waals surface area (Å²) in [6.45, 7) is 4.36. The Morgan fingerprint density at radius 2 is 1.83 bits per heavy atom. The third-order valence-electron chi connectivity index (χ3n) is 4.41. The molecule has 1 aliphatic carbocycles. The maximum atomic E-state index is 12.3. The van der Waals surface area contributed by atoms with Crippen LogP contribution in [0.25, 0.3) is 0 Å². The third kappa shape index (κ3) is 5.07. The van der Waals surface area contributed by atoms with Crippen LogP contribution in [0.1, 0.15) is 86.0 Å². The van der Waals surface area contributed by atoms with Crippen LogP contribution in [0.3, 0.4) is 0 Å². The number of nitrogens with one attached hydrogen (secondary N) is 1. The van der Waals surface area contributed by atoms with Crippen LogP contribution >= 0.6 is 11.3 Å². The van der Waals surface area contributed by atoms with Gasteiger partial charge < -0.3 is 10.1 Å². The molecule has 0 bridgehead atoms. The van der Waals surface area contributed by atoms with E-state index in [0.717, 1.165) is 37.7 Å². The smallest absolute Gasteiger partial charge is 0.341 e. The molecule has 1 aromatic rings. The molecule has 0 fully saturated rings. The van der Waals surface area contributed by atoms with Gasteiger partial charge in [-0.25, -0.2) is 4.79 Å². The second-order valence-corrected chi connectivity index (χ2v) is 7.45. The van der Waals surface area contributed by atoms with Gasteiger partial charge in [-0.05, 0) is 38.2 Å². The maximum Gasteiger partial charge on any atom is 0.341 e. The van der Waals surface area contributed by atoms with Crippen molar-refractivity contribution in [1.82, 2.24) is 0 Å². The van der Waals surface area contributed by atoms with Gasteiger partial charge in [0.2, 0.25) is 5.91 Å². The average molecular weight is 352 g/mol. The predicted molar refractivity (Wildman–Crippen MR) is 98.9 cm³/mol. The van der Waals surface area contributed by atoms with Crippen LogP contribution in [0.2, 0.25) is 0 Å². The van der Waals surface area contributed by atoms with E-state index in [2.05, 4.69) is 12.2 Å². The van der Waals surface area contributed by atoms with E-state index in [9.17, 15) is 9.59 Å². The molecule has 0 saturated carbocycles. The van der Waals surface area contributed by atoms with Crippen LogP contribution in [0.15, 0.2) is 0 Å². The van der Waals surface area contributed by atoms with E-state index in [1.54, 1.807) is 18.3 Å². The van der Waals surface area contributed by atoms with Crippen LogP contribution in [-0.2, 0) is 22.4 Å². The van der Waals surface area contributed by atoms with Crippen LogP contribution in [0, 0.1) is 0 Å². The van der Waals surface area contributed by atoms with Crippen molar-refractivity contribution in [1.29, 1.82) is 0 Å². The predicted octanol–water partition coefficient (Wildman–Crippen LogP) is 5.10. The summed E-state index contributed by atoms with van der Waals surface area (Å²) < 4.78 is 5.19. The SMILES string of the molecule is CCCCCCCCC(=O)Nc1sc2c(c1C(=O)OCC)CCC2. The first-order valence-corrected chi connectivity index (χ1v) is 10.1. The van der Waals surface area contributed by atoms with Crippen molar-refractivity contribution < 1.29 is 14.3 Å². The summed E-state index contributed by atoms with van der Waals surface area (Å²) in [5.74, 6) is -0.289. The lowest BCUT2D eigenvalue weighted by Gasteiger charge is -2.08. The van der Waals surface area contributed by atoms with Crippen molar-refractivity contribution >= 4 is 28.2 Å². The molecule has 0 aliphatic heterocycles. The van der Waals surface area contributed by atoms with Crippen LogP contribution in [0.5, 0.6) is 0 Å². The molecule has 24 heavy (non-hydrogen) atoms. The van der Waals surface area contributed by atoms with Gasteiger partial charge in [-0.1, -0.05) is 39.0 Å². The lowest BCUT2D eigenvalue weighted by molar-refractivity contribution is -0.116. The number of hydrogen-bond donors (Lipinski definition) is 1. The maximum absolute atomic E-state index is 12.3. The summed E-state index contributed by atoms with van der Waals surface area (Å²) in [6, 6.07) is 0. The minimum atomic E-state index is -0.299. The van der Waals surface area contributed by atoms with Crippen LogP contribution in [-0.4, -0.2) is 18.5 Å². The molecule has 0 aromatic carbocycles. The molecule has 5 heteroatoms. The largest absolute Gasteiger partial charge is 0.462 e. The first kappa shape index (κ1) is 19.0. The molecule has 134 valence electrons. The standard InChI is InChI=1S/C19H29NO3S/c1-3-5-6-7-8-9-13-16(21)20-18-17(19(22)23-4-2)14-11-10-12-15(14)24-18/h3-13H2,1-2H3,(H,20,21). The summed E-state index contributed by atoms with van der Waals surface area (Å²) in [7, 11) is 0. The molecule has 1 amide bonds. The average Bonchev–Trinajstić information content (AvgIpc) is 3.11. The van der Waals surface area contributed by atoms with Gasteiger partial charge in [0.1, 0.15) is 5.00 Å². The monoisotopic (exact) mass is 351 g/mol. The van der Waals surface area contributed by atoms with Gasteiger partial charge in [-0.3, -0.25) is 4.79 Å². The van der Waals surface area contributed by atoms with Crippen LogP contribution in [0.4, 0.5) is 5.00 Å². The number of amides is 1. The highest BCUT2D eigenvalue weighted by atomic mass is 32.1. The second kappa shape index (κ2) is 9.82. The number of unbranched alkanes of at least 4 members (excludes halogenated alkanes) is 5. The van der Waals surface area contributed by atoms with Crippen molar-refractivity contribution in [2.75, 3.05) is 11.9 Å². The zero-order chi connectivity index (χ0) is 17.4. The number of anilines is 1. The van der Waals surface area contributed by atoms with E-state index >= 15 is 0 Å². The lowest BCUT2D eigenvalue weighted by Crippen LogP contribution is -2.14. The van der Waals surface area contributed by atoms with Gasteiger partial charge in [-0.15, -0.1) is 11.3 Å². The number of carbonyl (C=O) groups excluding carboxylic acids is 2. The lowest BCUT2D eigenvalue weighted by atomic mass is 10.1. The van der Waals surface area contributed by atoms with E-state index in [4.69, 9.17) is 4.74 Å². The first-order valence-electron chi connectivity index (χ1n) is 9.28. The quantitative estimate of drug-likeness (QED) is 0.471. The van der Waals surface area contributed by atoms with Gasteiger partial charge in [0.05, 0.1) is 12.2 Å². The summed E-state index contributed by atoms with van der Waals surface area (Å²) >= 11 is 1.55. The Kier molecular flexibility index (Phi) is 7.76. The fraction of sp³-hybridized carbons (Fsp3) is 0.684. The Bertz CT molecular complexity index is 565. The molecule has 1 heterocycles. The zero-order valence-electron chi connectivity index (χ0n) is 14.9. The molecule has 0 saturated heterocycles. The summed E-state index contributed by atoms with van der Waals surface area (Å²) in [5, 5.41) is 3.65. The fourth-order valence-electron chi connectivity index (χ4n) is 3.17. The van der Waals surface area contributed by atoms with Gasteiger partial charge >= 0.3 is 5.97 Å². The van der Waals surface area contributed by atoms with Crippen molar-refractivity contribution in [3.8, 4) is 0 Å². The number of thiophene rings is 1. The molecular weight excluding hydrogens is 322 g/mol. The molecule has 0 atom stereocenters. The Balaban J connectivity index is 1.89. The third-order valence-corrected chi connectivity index (χ3v) is 5.62. The molecular formula is C19H29NO3S. The van der Waals surface area contributed by atoms with Gasteiger partial charge in [-0.2, -0.15) is 0 Å². The number of ether oxygens (including phenoxy) is 1. The van der Waals surface area contributed by atoms with Crippen LogP contribution < -0.4 is 5.32 Å². The Labute approximate surface area is 149 Å². The van der Waals surface area contributed by atoms with Crippen molar-refractivity contribution in [2.24, 2.45) is 0 Å². The van der Waals surface area contributed by atoms with E-state index in [1.807, 2.05) is 0 Å². The normalized spacial score (nSPS) is 12.9. The van der Waals surface area contributed by atoms with E-state index in [0.29, 0.717) is 23.6 Å². The first-order chi connectivity index (χ1) is 11.7. The number of fused-ring (bicyclic) bond motifs is 1. The van der Waals surface area contributed by atoms with Crippen molar-refractivity contribution in [3.63, 3.8) is 0 Å². The topological polar surface area (TPSA) is 55.4 Å². The molecule has 0 spiro atoms. The Morgan fingerprint density at radius 3 is 2.58 bits per heavy atom. The van der Waals surface area contributed by atoms with E-state index < -0.39 is 0 Å². The molecule has 1 aliphatic rings. The molecule has 4 nitrogen and oxygen atoms in total. The number of carbonyl (C=O) groups is 2. The van der Waals surface area contributed by atoms with Gasteiger partial charge in [0.25, 0.3) is 0 Å². The molecule has 1 N–H and O–H groups in total. The minimum Gasteiger partial charge on any atom is -0.462 e. The number of esters is 1. The van der Waals surface area contributed by atoms with Gasteiger partial charge in [0, 0.05) is 11.3 Å². The molecule has 0 radical (unpaired) electrons. The molecule has 0 unspecified atom stereocenters. The van der Waals surface area contributed by atoms with Crippen molar-refractivity contribution in [2.45, 2.75) is 78.1 Å². The van der Waals surface area contributed by atoms with E-state index in [-0.39, 0.29) is 11.9 Å².